The molecule has 0 aromatic carbocycles. The lowest BCUT2D eigenvalue weighted by atomic mass is 9.84. The van der Waals surface area contributed by atoms with E-state index >= 15 is 0 Å². The minimum Gasteiger partial charge on any atom is -0.475 e. The number of pyridine rings is 1. The van der Waals surface area contributed by atoms with Crippen LogP contribution in [0, 0.1) is 12.8 Å². The lowest BCUT2D eigenvalue weighted by Gasteiger charge is -2.53. The molecule has 3 fully saturated rings. The monoisotopic (exact) mass is 558 g/mol. The van der Waals surface area contributed by atoms with E-state index in [9.17, 15) is 26.3 Å². The summed E-state index contributed by atoms with van der Waals surface area (Å²) in [5.74, 6) is -4.58. The normalized spacial score (nSPS) is 21.5. The van der Waals surface area contributed by atoms with Crippen molar-refractivity contribution in [2.75, 3.05) is 26.2 Å². The van der Waals surface area contributed by atoms with Crippen LogP contribution in [-0.4, -0.2) is 82.3 Å². The molecule has 14 heteroatoms. The van der Waals surface area contributed by atoms with Crippen LogP contribution in [0.2, 0.25) is 0 Å². The van der Waals surface area contributed by atoms with Gasteiger partial charge in [-0.05, 0) is 44.2 Å². The summed E-state index contributed by atoms with van der Waals surface area (Å²) in [5.41, 5.74) is 2.16. The van der Waals surface area contributed by atoms with Gasteiger partial charge in [0.1, 0.15) is 0 Å². The molecule has 3 aliphatic rings. The summed E-state index contributed by atoms with van der Waals surface area (Å²) in [6.45, 7) is 6.97. The molecule has 38 heavy (non-hydrogen) atoms. The molecular formula is C24H32F6N2O6. The molecule has 1 unspecified atom stereocenters. The third-order valence-electron chi connectivity index (χ3n) is 6.36. The van der Waals surface area contributed by atoms with Crippen molar-refractivity contribution in [2.45, 2.75) is 76.1 Å². The number of ether oxygens (including phenoxy) is 2. The lowest BCUT2D eigenvalue weighted by molar-refractivity contribution is -0.200. The van der Waals surface area contributed by atoms with Crippen LogP contribution in [0.5, 0.6) is 0 Å². The molecule has 8 nitrogen and oxygen atoms in total. The summed E-state index contributed by atoms with van der Waals surface area (Å²) in [4.78, 5) is 24.9. The maximum Gasteiger partial charge on any atom is 0.490 e. The van der Waals surface area contributed by atoms with Crippen molar-refractivity contribution in [3.8, 4) is 0 Å². The smallest absolute Gasteiger partial charge is 0.475 e. The number of aromatic nitrogens is 1. The Hall–Kier alpha value is -2.45. The molecule has 216 valence electrons. The Morgan fingerprint density at radius 1 is 1.05 bits per heavy atom. The van der Waals surface area contributed by atoms with Gasteiger partial charge in [0.2, 0.25) is 0 Å². The Morgan fingerprint density at radius 2 is 1.61 bits per heavy atom. The molecule has 1 aromatic rings. The van der Waals surface area contributed by atoms with Crippen molar-refractivity contribution in [3.05, 3.63) is 29.6 Å². The van der Waals surface area contributed by atoms with Gasteiger partial charge in [-0.2, -0.15) is 26.3 Å². The number of rotatable bonds is 5. The number of nitrogens with zero attached hydrogens (tertiary/aromatic N) is 2. The number of carbonyl (C=O) groups is 2. The van der Waals surface area contributed by atoms with Crippen LogP contribution in [0.25, 0.3) is 0 Å². The first-order valence-electron chi connectivity index (χ1n) is 12.1. The highest BCUT2D eigenvalue weighted by Gasteiger charge is 2.48. The zero-order valence-electron chi connectivity index (χ0n) is 20.9. The van der Waals surface area contributed by atoms with Crippen LogP contribution in [0.3, 0.4) is 0 Å². The lowest BCUT2D eigenvalue weighted by Crippen LogP contribution is -2.66. The summed E-state index contributed by atoms with van der Waals surface area (Å²) >= 11 is 0. The molecule has 1 saturated carbocycles. The molecule has 0 amide bonds. The van der Waals surface area contributed by atoms with Crippen molar-refractivity contribution >= 4 is 11.9 Å². The molecule has 1 aliphatic carbocycles. The van der Waals surface area contributed by atoms with Gasteiger partial charge in [-0.25, -0.2) is 9.59 Å². The predicted molar refractivity (Wildman–Crippen MR) is 121 cm³/mol. The predicted octanol–water partition coefficient (Wildman–Crippen LogP) is 4.60. The van der Waals surface area contributed by atoms with Gasteiger partial charge in [0.15, 0.2) is 0 Å². The quantitative estimate of drug-likeness (QED) is 0.505. The molecular weight excluding hydrogens is 526 g/mol. The maximum absolute atomic E-state index is 10.6. The molecule has 1 spiro atoms. The van der Waals surface area contributed by atoms with Crippen LogP contribution in [-0.2, 0) is 25.7 Å². The second kappa shape index (κ2) is 13.6. The summed E-state index contributed by atoms with van der Waals surface area (Å²) in [6, 6.07) is 6.13. The number of hydrogen-bond acceptors (Lipinski definition) is 6. The minimum absolute atomic E-state index is 0.0710. The Balaban J connectivity index is 0.000000301. The molecule has 0 radical (unpaired) electrons. The molecule has 2 saturated heterocycles. The third-order valence-corrected chi connectivity index (χ3v) is 6.36. The second-order valence-corrected chi connectivity index (χ2v) is 9.65. The zero-order valence-corrected chi connectivity index (χ0v) is 20.9. The van der Waals surface area contributed by atoms with Crippen LogP contribution >= 0.6 is 0 Å². The molecule has 2 N–H and O–H groups in total. The molecule has 1 aromatic heterocycles. The minimum atomic E-state index is -5.08. The van der Waals surface area contributed by atoms with Crippen molar-refractivity contribution in [1.29, 1.82) is 0 Å². The average molecular weight is 559 g/mol. The molecule has 4 rings (SSSR count). The first-order chi connectivity index (χ1) is 17.6. The fourth-order valence-corrected chi connectivity index (χ4v) is 4.68. The van der Waals surface area contributed by atoms with E-state index in [1.165, 1.54) is 32.2 Å². The second-order valence-electron chi connectivity index (χ2n) is 9.65. The summed E-state index contributed by atoms with van der Waals surface area (Å²) in [7, 11) is 0. The highest BCUT2D eigenvalue weighted by Crippen LogP contribution is 2.37. The SMILES string of the molecule is Cc1cccc(COC2CCOC3(C2)CN(CC2CCCC2)C3)n1.O=C(O)C(F)(F)F.O=C(O)C(F)(F)F. The van der Waals surface area contributed by atoms with Crippen LogP contribution in [0.15, 0.2) is 18.2 Å². The van der Waals surface area contributed by atoms with Crippen molar-refractivity contribution in [1.82, 2.24) is 9.88 Å². The fourth-order valence-electron chi connectivity index (χ4n) is 4.68. The molecule has 3 heterocycles. The number of aryl methyl sites for hydroxylation is 1. The van der Waals surface area contributed by atoms with Gasteiger partial charge in [0.05, 0.1) is 24.0 Å². The van der Waals surface area contributed by atoms with Gasteiger partial charge in [-0.15, -0.1) is 0 Å². The Kier molecular flexibility index (Phi) is 11.3. The Bertz CT molecular complexity index is 890. The Labute approximate surface area is 215 Å². The van der Waals surface area contributed by atoms with E-state index in [4.69, 9.17) is 29.3 Å². The van der Waals surface area contributed by atoms with E-state index in [-0.39, 0.29) is 5.60 Å². The first-order valence-corrected chi connectivity index (χ1v) is 12.1. The number of carboxylic acid groups (broad SMARTS) is 2. The van der Waals surface area contributed by atoms with E-state index in [2.05, 4.69) is 22.0 Å². The van der Waals surface area contributed by atoms with Crippen LogP contribution in [0.4, 0.5) is 26.3 Å². The van der Waals surface area contributed by atoms with Gasteiger partial charge >= 0.3 is 24.3 Å². The molecule has 2 aliphatic heterocycles. The summed E-state index contributed by atoms with van der Waals surface area (Å²) in [6.07, 6.45) is -2.07. The van der Waals surface area contributed by atoms with Gasteiger partial charge in [0.25, 0.3) is 0 Å². The Morgan fingerprint density at radius 3 is 2.11 bits per heavy atom. The summed E-state index contributed by atoms with van der Waals surface area (Å²) < 4.78 is 75.8. The van der Waals surface area contributed by atoms with E-state index < -0.39 is 24.3 Å². The zero-order chi connectivity index (χ0) is 28.6. The van der Waals surface area contributed by atoms with Crippen molar-refractivity contribution < 1.29 is 55.6 Å². The van der Waals surface area contributed by atoms with Gasteiger partial charge < -0.3 is 19.7 Å². The standard InChI is InChI=1S/C20H30N2O2.2C2HF3O2/c1-16-5-4-8-18(21-16)13-23-19-9-10-24-20(11-19)14-22(15-20)12-17-6-2-3-7-17;2*3-2(4,5)1(6)7/h4-5,8,17,19H,2-3,6-7,9-15H2,1H3;2*(H,6,7). The van der Waals surface area contributed by atoms with Crippen molar-refractivity contribution in [2.24, 2.45) is 5.92 Å². The number of halogens is 6. The highest BCUT2D eigenvalue weighted by molar-refractivity contribution is 5.73. The number of alkyl halides is 6. The largest absolute Gasteiger partial charge is 0.490 e. The van der Waals surface area contributed by atoms with Crippen LogP contribution in [0.1, 0.15) is 49.9 Å². The van der Waals surface area contributed by atoms with E-state index in [0.717, 1.165) is 49.8 Å². The van der Waals surface area contributed by atoms with E-state index in [0.29, 0.717) is 12.7 Å². The number of hydrogen-bond donors (Lipinski definition) is 2. The van der Waals surface area contributed by atoms with Gasteiger partial charge in [0, 0.05) is 38.4 Å². The number of carboxylic acids is 2. The molecule has 0 bridgehead atoms. The maximum atomic E-state index is 10.6. The topological polar surface area (TPSA) is 109 Å². The van der Waals surface area contributed by atoms with Gasteiger partial charge in [-0.3, -0.25) is 9.88 Å². The first kappa shape index (κ1) is 31.8. The fraction of sp³-hybridized carbons (Fsp3) is 0.708. The third kappa shape index (κ3) is 10.7. The van der Waals surface area contributed by atoms with E-state index in [1.807, 2.05) is 13.0 Å². The number of aliphatic carboxylic acids is 2. The number of likely N-dealkylation sites (tertiary alicyclic amines) is 1. The highest BCUT2D eigenvalue weighted by atomic mass is 19.4. The van der Waals surface area contributed by atoms with E-state index in [1.54, 1.807) is 0 Å². The molecule has 1 atom stereocenters. The van der Waals surface area contributed by atoms with Crippen LogP contribution < -0.4 is 0 Å². The van der Waals surface area contributed by atoms with Gasteiger partial charge in [-0.1, -0.05) is 18.9 Å². The average Bonchev–Trinajstić information content (AvgIpc) is 3.30. The van der Waals surface area contributed by atoms with Crippen molar-refractivity contribution in [3.63, 3.8) is 0 Å². The summed E-state index contributed by atoms with van der Waals surface area (Å²) in [5, 5.41) is 14.2.